The number of carboxylic acid groups (broad SMARTS) is 1. The summed E-state index contributed by atoms with van der Waals surface area (Å²) < 4.78 is 0. The molecule has 0 aliphatic heterocycles. The summed E-state index contributed by atoms with van der Waals surface area (Å²) in [4.78, 5) is 33.7. The molecule has 0 aromatic carbocycles. The van der Waals surface area contributed by atoms with Gasteiger partial charge in [0.2, 0.25) is 5.91 Å². The third kappa shape index (κ3) is 7.28. The number of rotatable bonds is 8. The van der Waals surface area contributed by atoms with Gasteiger partial charge in [0.25, 0.3) is 0 Å². The van der Waals surface area contributed by atoms with Gasteiger partial charge in [-0.1, -0.05) is 27.2 Å². The van der Waals surface area contributed by atoms with Crippen LogP contribution in [0.25, 0.3) is 0 Å². The van der Waals surface area contributed by atoms with Crippen molar-refractivity contribution >= 4 is 17.9 Å². The van der Waals surface area contributed by atoms with Gasteiger partial charge in [0.15, 0.2) is 0 Å². The van der Waals surface area contributed by atoms with Crippen LogP contribution >= 0.6 is 0 Å². The van der Waals surface area contributed by atoms with E-state index in [0.29, 0.717) is 13.0 Å². The lowest BCUT2D eigenvalue weighted by atomic mass is 9.99. The molecule has 4 N–H and O–H groups in total. The number of hydrogen-bond donors (Lipinski definition) is 4. The van der Waals surface area contributed by atoms with E-state index in [4.69, 9.17) is 5.11 Å². The lowest BCUT2D eigenvalue weighted by molar-refractivity contribution is -0.140. The predicted octanol–water partition coefficient (Wildman–Crippen LogP) is 0.311. The van der Waals surface area contributed by atoms with Crippen molar-refractivity contribution in [2.45, 2.75) is 39.7 Å². The van der Waals surface area contributed by atoms with Crippen LogP contribution in [0.2, 0.25) is 0 Å². The maximum absolute atomic E-state index is 11.5. The fourth-order valence-corrected chi connectivity index (χ4v) is 1.36. The van der Waals surface area contributed by atoms with Crippen molar-refractivity contribution < 1.29 is 19.5 Å². The molecule has 0 saturated carbocycles. The van der Waals surface area contributed by atoms with E-state index in [1.165, 1.54) is 0 Å². The van der Waals surface area contributed by atoms with Crippen LogP contribution in [-0.2, 0) is 9.59 Å². The van der Waals surface area contributed by atoms with Gasteiger partial charge in [0.05, 0.1) is 6.54 Å². The summed E-state index contributed by atoms with van der Waals surface area (Å²) in [7, 11) is 0. The van der Waals surface area contributed by atoms with Crippen molar-refractivity contribution in [2.75, 3.05) is 13.1 Å². The maximum Gasteiger partial charge on any atom is 0.326 e. The van der Waals surface area contributed by atoms with Crippen molar-refractivity contribution in [3.63, 3.8) is 0 Å². The number of carbonyl (C=O) groups is 3. The zero-order chi connectivity index (χ0) is 14.8. The fourth-order valence-electron chi connectivity index (χ4n) is 1.36. The summed E-state index contributed by atoms with van der Waals surface area (Å²) in [6, 6.07) is -1.61. The van der Waals surface area contributed by atoms with Crippen LogP contribution in [0.3, 0.4) is 0 Å². The van der Waals surface area contributed by atoms with Crippen LogP contribution in [0.1, 0.15) is 33.6 Å². The number of amides is 3. The topological polar surface area (TPSA) is 108 Å². The third-order valence-electron chi connectivity index (χ3n) is 2.75. The molecule has 110 valence electrons. The van der Waals surface area contributed by atoms with Crippen LogP contribution in [-0.4, -0.2) is 42.1 Å². The quantitative estimate of drug-likeness (QED) is 0.510. The highest BCUT2D eigenvalue weighted by Crippen LogP contribution is 2.07. The van der Waals surface area contributed by atoms with E-state index in [1.54, 1.807) is 6.92 Å². The Labute approximate surface area is 113 Å². The standard InChI is InChI=1S/C12H23N3O4/c1-4-6-13-9(16)7-14-12(19)15-10(11(17)18)8(3)5-2/h8,10H,4-7H2,1-3H3,(H,13,16)(H,17,18)(H2,14,15,19)/t8-,10-/m0/s1. The van der Waals surface area contributed by atoms with Gasteiger partial charge in [-0.05, 0) is 12.3 Å². The third-order valence-corrected chi connectivity index (χ3v) is 2.75. The first-order valence-electron chi connectivity index (χ1n) is 6.46. The normalized spacial score (nSPS) is 13.2. The van der Waals surface area contributed by atoms with Crippen molar-refractivity contribution in [3.05, 3.63) is 0 Å². The minimum atomic E-state index is -1.08. The van der Waals surface area contributed by atoms with Crippen LogP contribution in [0, 0.1) is 5.92 Å². The van der Waals surface area contributed by atoms with E-state index in [9.17, 15) is 14.4 Å². The lowest BCUT2D eigenvalue weighted by Gasteiger charge is -2.20. The monoisotopic (exact) mass is 273 g/mol. The van der Waals surface area contributed by atoms with Crippen molar-refractivity contribution in [1.29, 1.82) is 0 Å². The highest BCUT2D eigenvalue weighted by Gasteiger charge is 2.25. The summed E-state index contributed by atoms with van der Waals surface area (Å²) in [6.07, 6.45) is 1.45. The van der Waals surface area contributed by atoms with Gasteiger partial charge < -0.3 is 21.1 Å². The number of aliphatic carboxylic acids is 1. The second kappa shape index (κ2) is 9.18. The molecule has 0 aliphatic rings. The summed E-state index contributed by atoms with van der Waals surface area (Å²) >= 11 is 0. The number of hydrogen-bond acceptors (Lipinski definition) is 3. The van der Waals surface area contributed by atoms with Gasteiger partial charge in [-0.2, -0.15) is 0 Å². The smallest absolute Gasteiger partial charge is 0.326 e. The van der Waals surface area contributed by atoms with E-state index in [0.717, 1.165) is 6.42 Å². The summed E-state index contributed by atoms with van der Waals surface area (Å²) in [5.74, 6) is -1.57. The minimum Gasteiger partial charge on any atom is -0.480 e. The van der Waals surface area contributed by atoms with Crippen molar-refractivity contribution in [3.8, 4) is 0 Å². The molecule has 0 heterocycles. The highest BCUT2D eigenvalue weighted by molar-refractivity contribution is 5.86. The molecule has 19 heavy (non-hydrogen) atoms. The first-order valence-corrected chi connectivity index (χ1v) is 6.46. The largest absolute Gasteiger partial charge is 0.480 e. The molecule has 0 aliphatic carbocycles. The Balaban J connectivity index is 4.13. The SMILES string of the molecule is CCCNC(=O)CNC(=O)N[C@H](C(=O)O)[C@@H](C)CC. The van der Waals surface area contributed by atoms with E-state index < -0.39 is 18.0 Å². The van der Waals surface area contributed by atoms with Crippen LogP contribution in [0.5, 0.6) is 0 Å². The zero-order valence-corrected chi connectivity index (χ0v) is 11.7. The van der Waals surface area contributed by atoms with Gasteiger partial charge >= 0.3 is 12.0 Å². The van der Waals surface area contributed by atoms with Crippen LogP contribution < -0.4 is 16.0 Å². The molecule has 0 rings (SSSR count). The fraction of sp³-hybridized carbons (Fsp3) is 0.750. The van der Waals surface area contributed by atoms with Crippen molar-refractivity contribution in [2.24, 2.45) is 5.92 Å². The molecule has 0 aromatic heterocycles. The van der Waals surface area contributed by atoms with Crippen LogP contribution in [0.15, 0.2) is 0 Å². The first-order chi connectivity index (χ1) is 8.92. The number of nitrogens with one attached hydrogen (secondary N) is 3. The van der Waals surface area contributed by atoms with Gasteiger partial charge in [-0.3, -0.25) is 4.79 Å². The number of carboxylic acids is 1. The van der Waals surface area contributed by atoms with E-state index >= 15 is 0 Å². The summed E-state index contributed by atoms with van der Waals surface area (Å²) in [5.41, 5.74) is 0. The number of urea groups is 1. The molecule has 7 nitrogen and oxygen atoms in total. The maximum atomic E-state index is 11.5. The molecular formula is C12H23N3O4. The molecule has 0 bridgehead atoms. The molecule has 0 spiro atoms. The molecule has 2 atom stereocenters. The van der Waals surface area contributed by atoms with E-state index in [1.807, 2.05) is 13.8 Å². The Morgan fingerprint density at radius 2 is 1.79 bits per heavy atom. The zero-order valence-electron chi connectivity index (χ0n) is 11.7. The van der Waals surface area contributed by atoms with E-state index in [2.05, 4.69) is 16.0 Å². The van der Waals surface area contributed by atoms with Gasteiger partial charge in [-0.25, -0.2) is 9.59 Å². The molecule has 0 saturated heterocycles. The molecule has 7 heteroatoms. The molecule has 0 radical (unpaired) electrons. The molecule has 0 aromatic rings. The predicted molar refractivity (Wildman–Crippen MR) is 70.7 cm³/mol. The average molecular weight is 273 g/mol. The first kappa shape index (κ1) is 17.2. The second-order valence-electron chi connectivity index (χ2n) is 4.38. The van der Waals surface area contributed by atoms with Crippen LogP contribution in [0.4, 0.5) is 4.79 Å². The molecule has 3 amide bonds. The Morgan fingerprint density at radius 1 is 1.16 bits per heavy atom. The Kier molecular flexibility index (Phi) is 8.32. The summed E-state index contributed by atoms with van der Waals surface area (Å²) in [5, 5.41) is 16.3. The Bertz CT molecular complexity index is 320. The molecule has 0 fully saturated rings. The molecular weight excluding hydrogens is 250 g/mol. The number of carbonyl (C=O) groups excluding carboxylic acids is 2. The van der Waals surface area contributed by atoms with Gasteiger partial charge in [-0.15, -0.1) is 0 Å². The van der Waals surface area contributed by atoms with Gasteiger partial charge in [0, 0.05) is 6.54 Å². The lowest BCUT2D eigenvalue weighted by Crippen LogP contribution is -2.50. The van der Waals surface area contributed by atoms with Gasteiger partial charge in [0.1, 0.15) is 6.04 Å². The molecule has 0 unspecified atom stereocenters. The highest BCUT2D eigenvalue weighted by atomic mass is 16.4. The van der Waals surface area contributed by atoms with Crippen molar-refractivity contribution in [1.82, 2.24) is 16.0 Å². The van der Waals surface area contributed by atoms with E-state index in [-0.39, 0.29) is 18.4 Å². The Hall–Kier alpha value is -1.79. The summed E-state index contributed by atoms with van der Waals surface area (Å²) in [6.45, 7) is 5.89. The Morgan fingerprint density at radius 3 is 2.26 bits per heavy atom. The second-order valence-corrected chi connectivity index (χ2v) is 4.38. The average Bonchev–Trinajstić information content (AvgIpc) is 2.38. The minimum absolute atomic E-state index is 0.168.